The molecule has 0 fully saturated rings. The van der Waals surface area contributed by atoms with Crippen molar-refractivity contribution in [1.29, 1.82) is 0 Å². The van der Waals surface area contributed by atoms with Crippen LogP contribution in [0.15, 0.2) is 0 Å². The molecule has 0 saturated carbocycles. The molecule has 0 aliphatic heterocycles. The zero-order chi connectivity index (χ0) is 8.10. The fraction of sp³-hybridized carbons (Fsp3) is 0.600. The fourth-order valence-electron chi connectivity index (χ4n) is 0.627. The second kappa shape index (κ2) is 3.89. The number of nitrogens with zero attached hydrogens (tertiary/aromatic N) is 2. The molecule has 0 aromatic carbocycles. The molecule has 11 heavy (non-hydrogen) atoms. The lowest BCUT2D eigenvalue weighted by atomic mass is 10.6. The molecular formula is C5H11N5O. The maximum atomic E-state index is 5.25. The van der Waals surface area contributed by atoms with E-state index < -0.39 is 0 Å². The van der Waals surface area contributed by atoms with Crippen LogP contribution in [-0.4, -0.2) is 28.3 Å². The monoisotopic (exact) mass is 157 g/mol. The Morgan fingerprint density at radius 3 is 2.91 bits per heavy atom. The van der Waals surface area contributed by atoms with Crippen LogP contribution in [0.25, 0.3) is 0 Å². The van der Waals surface area contributed by atoms with Gasteiger partial charge in [0.25, 0.3) is 0 Å². The third-order valence-electron chi connectivity index (χ3n) is 1.05. The minimum atomic E-state index is 0.233. The van der Waals surface area contributed by atoms with Crippen molar-refractivity contribution in [2.24, 2.45) is 5.73 Å². The van der Waals surface area contributed by atoms with Gasteiger partial charge in [-0.1, -0.05) is 0 Å². The first-order valence-corrected chi connectivity index (χ1v) is 3.27. The number of nitrogens with two attached hydrogens (primary N) is 2. The molecule has 0 bridgehead atoms. The van der Waals surface area contributed by atoms with Gasteiger partial charge in [-0.3, -0.25) is 5.10 Å². The van der Waals surface area contributed by atoms with E-state index in [9.17, 15) is 0 Å². The molecule has 0 unspecified atom stereocenters. The van der Waals surface area contributed by atoms with Crippen molar-refractivity contribution < 1.29 is 4.74 Å². The van der Waals surface area contributed by atoms with Gasteiger partial charge in [0, 0.05) is 6.54 Å². The summed E-state index contributed by atoms with van der Waals surface area (Å²) in [4.78, 5) is 3.83. The summed E-state index contributed by atoms with van der Waals surface area (Å²) in [7, 11) is 0. The Labute approximate surface area is 63.9 Å². The number of hydrogen-bond acceptors (Lipinski definition) is 5. The number of anilines is 1. The zero-order valence-corrected chi connectivity index (χ0v) is 6.08. The maximum absolute atomic E-state index is 5.25. The summed E-state index contributed by atoms with van der Waals surface area (Å²) in [6.45, 7) is 1.39. The maximum Gasteiger partial charge on any atom is 0.239 e. The van der Waals surface area contributed by atoms with Crippen LogP contribution < -0.4 is 11.5 Å². The third-order valence-corrected chi connectivity index (χ3v) is 1.05. The highest BCUT2D eigenvalue weighted by atomic mass is 16.5. The largest absolute Gasteiger partial charge is 0.372 e. The summed E-state index contributed by atoms with van der Waals surface area (Å²) in [6, 6.07) is 0. The van der Waals surface area contributed by atoms with Crippen LogP contribution in [0.5, 0.6) is 0 Å². The third kappa shape index (κ3) is 2.52. The number of nitrogen functional groups attached to an aromatic ring is 1. The van der Waals surface area contributed by atoms with Crippen LogP contribution in [-0.2, 0) is 11.3 Å². The second-order valence-electron chi connectivity index (χ2n) is 1.98. The van der Waals surface area contributed by atoms with E-state index in [4.69, 9.17) is 16.2 Å². The molecule has 1 heterocycles. The first-order valence-electron chi connectivity index (χ1n) is 3.27. The Morgan fingerprint density at radius 1 is 1.55 bits per heavy atom. The van der Waals surface area contributed by atoms with Gasteiger partial charge < -0.3 is 16.2 Å². The zero-order valence-electron chi connectivity index (χ0n) is 6.08. The minimum Gasteiger partial charge on any atom is -0.372 e. The lowest BCUT2D eigenvalue weighted by molar-refractivity contribution is 0.123. The molecule has 1 rings (SSSR count). The molecule has 0 amide bonds. The van der Waals surface area contributed by atoms with Gasteiger partial charge in [0.2, 0.25) is 5.95 Å². The molecular weight excluding hydrogens is 146 g/mol. The molecule has 0 atom stereocenters. The Balaban J connectivity index is 2.27. The van der Waals surface area contributed by atoms with Crippen molar-refractivity contribution in [1.82, 2.24) is 15.2 Å². The van der Waals surface area contributed by atoms with Gasteiger partial charge in [-0.05, 0) is 0 Å². The highest BCUT2D eigenvalue weighted by Crippen LogP contribution is 1.94. The number of H-pyrrole nitrogens is 1. The van der Waals surface area contributed by atoms with Crippen LogP contribution in [0.2, 0.25) is 0 Å². The van der Waals surface area contributed by atoms with Crippen molar-refractivity contribution >= 4 is 5.95 Å². The molecule has 6 nitrogen and oxygen atoms in total. The molecule has 0 spiro atoms. The van der Waals surface area contributed by atoms with Crippen LogP contribution in [0.1, 0.15) is 5.82 Å². The Morgan fingerprint density at radius 2 is 2.36 bits per heavy atom. The number of hydrogen-bond donors (Lipinski definition) is 3. The van der Waals surface area contributed by atoms with Crippen LogP contribution in [0, 0.1) is 0 Å². The summed E-state index contributed by atoms with van der Waals surface area (Å²) in [5.74, 6) is 0.854. The van der Waals surface area contributed by atoms with Crippen LogP contribution in [0.3, 0.4) is 0 Å². The Bertz CT molecular complexity index is 210. The van der Waals surface area contributed by atoms with E-state index in [0.29, 0.717) is 25.6 Å². The summed E-state index contributed by atoms with van der Waals surface area (Å²) < 4.78 is 5.07. The molecule has 0 aliphatic carbocycles. The highest BCUT2D eigenvalue weighted by Gasteiger charge is 1.97. The van der Waals surface area contributed by atoms with Crippen molar-refractivity contribution in [2.75, 3.05) is 18.9 Å². The van der Waals surface area contributed by atoms with Gasteiger partial charge in [0.1, 0.15) is 6.61 Å². The van der Waals surface area contributed by atoms with E-state index in [0.717, 1.165) is 0 Å². The SMILES string of the molecule is NCCOCc1nc(N)n[nH]1. The van der Waals surface area contributed by atoms with E-state index in [1.807, 2.05) is 0 Å². The lowest BCUT2D eigenvalue weighted by Gasteiger charge is -1.96. The van der Waals surface area contributed by atoms with E-state index in [2.05, 4.69) is 15.2 Å². The summed E-state index contributed by atoms with van der Waals surface area (Å²) in [5, 5.41) is 6.24. The number of aromatic amines is 1. The fourth-order valence-corrected chi connectivity index (χ4v) is 0.627. The van der Waals surface area contributed by atoms with Gasteiger partial charge in [-0.15, -0.1) is 5.10 Å². The van der Waals surface area contributed by atoms with Crippen LogP contribution in [0.4, 0.5) is 5.95 Å². The molecule has 0 aliphatic rings. The first-order chi connectivity index (χ1) is 5.33. The molecule has 0 radical (unpaired) electrons. The number of rotatable bonds is 4. The smallest absolute Gasteiger partial charge is 0.239 e. The normalized spacial score (nSPS) is 10.3. The average molecular weight is 157 g/mol. The molecule has 62 valence electrons. The number of aromatic nitrogens is 3. The van der Waals surface area contributed by atoms with Gasteiger partial charge in [0.15, 0.2) is 5.82 Å². The minimum absolute atomic E-state index is 0.233. The van der Waals surface area contributed by atoms with Crippen molar-refractivity contribution in [3.8, 4) is 0 Å². The van der Waals surface area contributed by atoms with Gasteiger partial charge in [-0.25, -0.2) is 0 Å². The number of ether oxygens (including phenoxy) is 1. The summed E-state index contributed by atoms with van der Waals surface area (Å²) in [6.07, 6.45) is 0. The predicted molar refractivity (Wildman–Crippen MR) is 39.5 cm³/mol. The van der Waals surface area contributed by atoms with Crippen molar-refractivity contribution in [2.45, 2.75) is 6.61 Å². The van der Waals surface area contributed by atoms with Gasteiger partial charge in [0.05, 0.1) is 6.61 Å². The Kier molecular flexibility index (Phi) is 2.82. The quantitative estimate of drug-likeness (QED) is 0.479. The van der Waals surface area contributed by atoms with Gasteiger partial charge in [-0.2, -0.15) is 4.98 Å². The van der Waals surface area contributed by atoms with E-state index in [1.165, 1.54) is 0 Å². The van der Waals surface area contributed by atoms with Gasteiger partial charge >= 0.3 is 0 Å². The standard InChI is InChI=1S/C5H11N5O/c6-1-2-11-3-4-8-5(7)10-9-4/h1-3,6H2,(H3,7,8,9,10). The highest BCUT2D eigenvalue weighted by molar-refractivity contribution is 5.11. The second-order valence-corrected chi connectivity index (χ2v) is 1.98. The van der Waals surface area contributed by atoms with E-state index in [-0.39, 0.29) is 5.95 Å². The Hall–Kier alpha value is -1.14. The van der Waals surface area contributed by atoms with Crippen molar-refractivity contribution in [3.63, 3.8) is 0 Å². The molecule has 1 aromatic rings. The lowest BCUT2D eigenvalue weighted by Crippen LogP contribution is -2.08. The topological polar surface area (TPSA) is 103 Å². The van der Waals surface area contributed by atoms with Crippen molar-refractivity contribution in [3.05, 3.63) is 5.82 Å². The molecule has 1 aromatic heterocycles. The molecule has 5 N–H and O–H groups in total. The molecule has 0 saturated heterocycles. The predicted octanol–water partition coefficient (Wildman–Crippen LogP) is -1.14. The van der Waals surface area contributed by atoms with E-state index in [1.54, 1.807) is 0 Å². The summed E-state index contributed by atoms with van der Waals surface area (Å²) in [5.41, 5.74) is 10.5. The van der Waals surface area contributed by atoms with E-state index >= 15 is 0 Å². The van der Waals surface area contributed by atoms with Crippen LogP contribution >= 0.6 is 0 Å². The number of nitrogens with one attached hydrogen (secondary N) is 1. The summed E-state index contributed by atoms with van der Waals surface area (Å²) >= 11 is 0. The molecule has 6 heteroatoms. The average Bonchev–Trinajstić information content (AvgIpc) is 2.37. The first kappa shape index (κ1) is 7.96.